The van der Waals surface area contributed by atoms with Gasteiger partial charge in [0.2, 0.25) is 0 Å². The molecule has 10 heteroatoms. The van der Waals surface area contributed by atoms with Crippen molar-refractivity contribution in [2.75, 3.05) is 18.1 Å². The number of fused-ring (bicyclic) bond motifs is 1. The molecule has 0 aliphatic carbocycles. The third-order valence-electron chi connectivity index (χ3n) is 7.26. The number of esters is 1. The number of aromatic nitrogens is 1. The van der Waals surface area contributed by atoms with Gasteiger partial charge in [-0.05, 0) is 67.6 Å². The van der Waals surface area contributed by atoms with Crippen LogP contribution in [0.5, 0.6) is 11.5 Å². The van der Waals surface area contributed by atoms with Crippen molar-refractivity contribution in [2.24, 2.45) is 5.92 Å². The number of amides is 1. The lowest BCUT2D eigenvalue weighted by Gasteiger charge is -2.23. The fraction of sp³-hybridized carbons (Fsp3) is 0.333. The number of thiazole rings is 1. The fourth-order valence-electron chi connectivity index (χ4n) is 5.13. The monoisotopic (exact) mass is 602 g/mol. The third kappa shape index (κ3) is 6.06. The van der Waals surface area contributed by atoms with Crippen LogP contribution in [0.4, 0.5) is 5.13 Å². The molecule has 1 fully saturated rings. The van der Waals surface area contributed by atoms with E-state index in [1.165, 1.54) is 11.0 Å². The highest BCUT2D eigenvalue weighted by atomic mass is 32.1. The molecule has 2 aliphatic rings. The van der Waals surface area contributed by atoms with E-state index in [0.717, 1.165) is 29.1 Å². The molecule has 3 aromatic rings. The van der Waals surface area contributed by atoms with Crippen LogP contribution in [-0.2, 0) is 20.7 Å². The van der Waals surface area contributed by atoms with E-state index in [9.17, 15) is 19.5 Å². The first-order chi connectivity index (χ1) is 20.6. The molecule has 1 aromatic heterocycles. The molecule has 1 N–H and O–H groups in total. The molecule has 224 valence electrons. The Morgan fingerprint density at radius 3 is 2.79 bits per heavy atom. The molecule has 3 heterocycles. The number of aliphatic hydroxyl groups is 1. The number of hydrogen-bond acceptors (Lipinski definition) is 9. The summed E-state index contributed by atoms with van der Waals surface area (Å²) in [5.74, 6) is -0.894. The summed E-state index contributed by atoms with van der Waals surface area (Å²) in [5.41, 5.74) is 2.12. The van der Waals surface area contributed by atoms with E-state index in [0.29, 0.717) is 41.5 Å². The zero-order valence-corrected chi connectivity index (χ0v) is 25.4. The average molecular weight is 603 g/mol. The van der Waals surface area contributed by atoms with Gasteiger partial charge in [0, 0.05) is 12.0 Å². The molecule has 1 amide bonds. The summed E-state index contributed by atoms with van der Waals surface area (Å²) in [7, 11) is 0. The molecule has 0 bridgehead atoms. The fourth-order valence-corrected chi connectivity index (χ4v) is 6.12. The Labute approximate surface area is 254 Å². The van der Waals surface area contributed by atoms with Crippen LogP contribution in [0.15, 0.2) is 60.7 Å². The Kier molecular flexibility index (Phi) is 8.68. The normalized spacial score (nSPS) is 19.0. The molecular weight excluding hydrogens is 568 g/mol. The second-order valence-corrected chi connectivity index (χ2v) is 12.0. The van der Waals surface area contributed by atoms with E-state index in [-0.39, 0.29) is 34.1 Å². The lowest BCUT2D eigenvalue weighted by Crippen LogP contribution is -2.29. The minimum absolute atomic E-state index is 0.00285. The van der Waals surface area contributed by atoms with Gasteiger partial charge in [-0.25, -0.2) is 9.78 Å². The van der Waals surface area contributed by atoms with Crippen LogP contribution in [0.25, 0.3) is 5.76 Å². The Morgan fingerprint density at radius 2 is 2.05 bits per heavy atom. The van der Waals surface area contributed by atoms with E-state index in [1.54, 1.807) is 49.4 Å². The first kappa shape index (κ1) is 30.0. The zero-order chi connectivity index (χ0) is 30.8. The van der Waals surface area contributed by atoms with Gasteiger partial charge >= 0.3 is 11.9 Å². The van der Waals surface area contributed by atoms with Crippen molar-refractivity contribution in [3.05, 3.63) is 88.0 Å². The van der Waals surface area contributed by atoms with Crippen molar-refractivity contribution in [1.29, 1.82) is 0 Å². The Bertz CT molecular complexity index is 1620. The minimum atomic E-state index is -1.03. The van der Waals surface area contributed by atoms with Gasteiger partial charge < -0.3 is 19.3 Å². The zero-order valence-electron chi connectivity index (χ0n) is 24.6. The summed E-state index contributed by atoms with van der Waals surface area (Å²) in [6.07, 6.45) is 2.96. The molecule has 5 rings (SSSR count). The summed E-state index contributed by atoms with van der Waals surface area (Å²) >= 11 is 0.948. The van der Waals surface area contributed by atoms with Crippen molar-refractivity contribution < 1.29 is 33.7 Å². The largest absolute Gasteiger partial charge is 0.507 e. The maximum absolute atomic E-state index is 13.7. The SMILES string of the molecule is C=CCOC(=O)c1sc(N2C(=O)C(=O)/C(=C(/O)c3ccc4c(c3)CC(C)O4)C2c2cccc(OCCC(C)C)c2)nc1C. The number of ether oxygens (including phenoxy) is 3. The highest BCUT2D eigenvalue weighted by Gasteiger charge is 2.48. The number of aryl methyl sites for hydroxylation is 1. The maximum atomic E-state index is 13.7. The van der Waals surface area contributed by atoms with Gasteiger partial charge in [-0.3, -0.25) is 14.5 Å². The number of ketones is 1. The van der Waals surface area contributed by atoms with E-state index < -0.39 is 23.7 Å². The molecule has 2 unspecified atom stereocenters. The molecule has 43 heavy (non-hydrogen) atoms. The highest BCUT2D eigenvalue weighted by molar-refractivity contribution is 7.17. The van der Waals surface area contributed by atoms with Crippen molar-refractivity contribution in [1.82, 2.24) is 4.98 Å². The van der Waals surface area contributed by atoms with E-state index >= 15 is 0 Å². The lowest BCUT2D eigenvalue weighted by atomic mass is 9.94. The standard InChI is InChI=1S/C33H34N2O7S/c1-6-13-41-32(39)30-20(5)34-33(43-30)35-27(21-8-7-9-24(17-21)40-14-12-18(2)3)26(29(37)31(35)38)28(36)22-10-11-25-23(16-22)15-19(4)42-25/h6-11,16-19,27,36H,1,12-15H2,2-5H3/b28-26+. The Balaban J connectivity index is 1.62. The summed E-state index contributed by atoms with van der Waals surface area (Å²) in [6, 6.07) is 11.3. The van der Waals surface area contributed by atoms with Gasteiger partial charge in [-0.2, -0.15) is 0 Å². The quantitative estimate of drug-likeness (QED) is 0.0964. The Hall–Kier alpha value is -4.44. The minimum Gasteiger partial charge on any atom is -0.507 e. The van der Waals surface area contributed by atoms with Crippen LogP contribution in [0.2, 0.25) is 0 Å². The van der Waals surface area contributed by atoms with Crippen molar-refractivity contribution in [3.8, 4) is 11.5 Å². The van der Waals surface area contributed by atoms with Crippen molar-refractivity contribution >= 4 is 39.9 Å². The summed E-state index contributed by atoms with van der Waals surface area (Å²) in [5, 5.41) is 11.8. The second-order valence-electron chi connectivity index (χ2n) is 11.0. The first-order valence-corrected chi connectivity index (χ1v) is 15.0. The molecular formula is C33H34N2O7S. The summed E-state index contributed by atoms with van der Waals surface area (Å²) < 4.78 is 17.0. The van der Waals surface area contributed by atoms with E-state index in [4.69, 9.17) is 14.2 Å². The number of benzene rings is 2. The third-order valence-corrected chi connectivity index (χ3v) is 8.40. The van der Waals surface area contributed by atoms with Crippen LogP contribution in [0, 0.1) is 12.8 Å². The molecule has 2 atom stereocenters. The van der Waals surface area contributed by atoms with Crippen molar-refractivity contribution in [3.63, 3.8) is 0 Å². The Morgan fingerprint density at radius 1 is 1.26 bits per heavy atom. The summed E-state index contributed by atoms with van der Waals surface area (Å²) in [4.78, 5) is 46.0. The van der Waals surface area contributed by atoms with Gasteiger partial charge in [0.05, 0.1) is 23.9 Å². The van der Waals surface area contributed by atoms with Gasteiger partial charge in [-0.15, -0.1) is 0 Å². The molecule has 0 radical (unpaired) electrons. The number of nitrogens with zero attached hydrogens (tertiary/aromatic N) is 2. The van der Waals surface area contributed by atoms with Gasteiger partial charge in [-0.1, -0.05) is 50.0 Å². The van der Waals surface area contributed by atoms with E-state index in [1.807, 2.05) is 6.92 Å². The smallest absolute Gasteiger partial charge is 0.350 e. The van der Waals surface area contributed by atoms with Crippen LogP contribution in [0.3, 0.4) is 0 Å². The average Bonchev–Trinajstić information content (AvgIpc) is 3.62. The lowest BCUT2D eigenvalue weighted by molar-refractivity contribution is -0.132. The highest BCUT2D eigenvalue weighted by Crippen LogP contribution is 2.45. The van der Waals surface area contributed by atoms with Gasteiger partial charge in [0.25, 0.3) is 5.78 Å². The summed E-state index contributed by atoms with van der Waals surface area (Å²) in [6.45, 7) is 11.9. The van der Waals surface area contributed by atoms with Crippen LogP contribution in [-0.4, -0.2) is 47.1 Å². The number of carbonyl (C=O) groups is 3. The topological polar surface area (TPSA) is 115 Å². The van der Waals surface area contributed by atoms with Crippen LogP contribution >= 0.6 is 11.3 Å². The molecule has 2 aliphatic heterocycles. The second kappa shape index (κ2) is 12.4. The molecule has 9 nitrogen and oxygen atoms in total. The predicted molar refractivity (Wildman–Crippen MR) is 164 cm³/mol. The van der Waals surface area contributed by atoms with Crippen LogP contribution < -0.4 is 14.4 Å². The van der Waals surface area contributed by atoms with Crippen LogP contribution in [0.1, 0.15) is 65.3 Å². The molecule has 0 spiro atoms. The van der Waals surface area contributed by atoms with Gasteiger partial charge in [0.15, 0.2) is 5.13 Å². The van der Waals surface area contributed by atoms with Gasteiger partial charge in [0.1, 0.15) is 34.8 Å². The number of Topliss-reactive ketones (excluding diaryl/α,β-unsaturated/α-hetero) is 1. The molecule has 1 saturated heterocycles. The first-order valence-electron chi connectivity index (χ1n) is 14.2. The van der Waals surface area contributed by atoms with Crippen molar-refractivity contribution in [2.45, 2.75) is 52.7 Å². The number of hydrogen-bond donors (Lipinski definition) is 1. The number of rotatable bonds is 10. The number of aliphatic hydroxyl groups excluding tert-OH is 1. The maximum Gasteiger partial charge on any atom is 0.350 e. The molecule has 0 saturated carbocycles. The number of carbonyl (C=O) groups excluding carboxylic acids is 3. The predicted octanol–water partition coefficient (Wildman–Crippen LogP) is 6.17. The van der Waals surface area contributed by atoms with E-state index in [2.05, 4.69) is 25.4 Å². The molecule has 2 aromatic carbocycles. The number of anilines is 1.